The number of aromatic nitrogens is 1. The quantitative estimate of drug-likeness (QED) is 0.172. The number of para-hydroxylation sites is 4. The minimum atomic E-state index is -0.0905. The molecule has 0 N–H and O–H groups in total. The summed E-state index contributed by atoms with van der Waals surface area (Å²) in [4.78, 5) is 2.32. The predicted molar refractivity (Wildman–Crippen MR) is 220 cm³/mol. The summed E-state index contributed by atoms with van der Waals surface area (Å²) in [5, 5.41) is 4.51. The molecule has 0 bridgehead atoms. The number of hydrogen-bond donors (Lipinski definition) is 0. The molecular formula is C48H29BN2O3. The average molecular weight is 693 g/mol. The Bertz CT molecular complexity index is 3080. The normalized spacial score (nSPS) is 12.7. The first-order valence-corrected chi connectivity index (χ1v) is 18.3. The monoisotopic (exact) mass is 692 g/mol. The maximum atomic E-state index is 6.83. The largest absolute Gasteiger partial charge is 0.458 e. The van der Waals surface area contributed by atoms with Crippen molar-refractivity contribution in [1.82, 2.24) is 4.57 Å². The highest BCUT2D eigenvalue weighted by Gasteiger charge is 2.41. The van der Waals surface area contributed by atoms with Crippen LogP contribution in [0.25, 0.3) is 49.4 Å². The summed E-state index contributed by atoms with van der Waals surface area (Å²) >= 11 is 0. The van der Waals surface area contributed by atoms with Crippen molar-refractivity contribution in [2.75, 3.05) is 4.90 Å². The fraction of sp³-hybridized carbons (Fsp3) is 0. The van der Waals surface area contributed by atoms with Crippen LogP contribution >= 0.6 is 0 Å². The second-order valence-corrected chi connectivity index (χ2v) is 14.1. The predicted octanol–water partition coefficient (Wildman–Crippen LogP) is 10.9. The van der Waals surface area contributed by atoms with Gasteiger partial charge < -0.3 is 23.4 Å². The number of fused-ring (bicyclic) bond motifs is 10. The van der Waals surface area contributed by atoms with Crippen LogP contribution in [0.4, 0.5) is 17.1 Å². The number of benzene rings is 8. The van der Waals surface area contributed by atoms with Crippen molar-refractivity contribution < 1.29 is 13.9 Å². The average Bonchev–Trinajstić information content (AvgIpc) is 3.74. The van der Waals surface area contributed by atoms with Crippen LogP contribution in [0.15, 0.2) is 180 Å². The highest BCUT2D eigenvalue weighted by atomic mass is 16.5. The van der Waals surface area contributed by atoms with Crippen molar-refractivity contribution in [3.8, 4) is 28.7 Å². The highest BCUT2D eigenvalue weighted by Crippen LogP contribution is 2.43. The summed E-state index contributed by atoms with van der Waals surface area (Å²) in [6.45, 7) is -0.0905. The van der Waals surface area contributed by atoms with Crippen molar-refractivity contribution >= 4 is 83.9 Å². The Hall–Kier alpha value is -7.18. The van der Waals surface area contributed by atoms with Gasteiger partial charge in [0.05, 0.1) is 11.0 Å². The fourth-order valence-corrected chi connectivity index (χ4v) is 8.74. The van der Waals surface area contributed by atoms with Gasteiger partial charge >= 0.3 is 0 Å². The SMILES string of the molecule is c1ccc(N(c2ccccc2)c2ccc3c4cc5c(cc4n(-c4ccccc4)c3c2)Oc2cccc3c2B5c2cc4c(cc2O3)oc2ccccc24)cc1. The van der Waals surface area contributed by atoms with Gasteiger partial charge in [-0.1, -0.05) is 97.1 Å². The molecule has 0 aliphatic carbocycles. The molecule has 4 heterocycles. The van der Waals surface area contributed by atoms with Crippen molar-refractivity contribution in [1.29, 1.82) is 0 Å². The third-order valence-electron chi connectivity index (χ3n) is 11.1. The van der Waals surface area contributed by atoms with Gasteiger partial charge in [0, 0.05) is 61.9 Å². The molecule has 12 rings (SSSR count). The highest BCUT2D eigenvalue weighted by molar-refractivity contribution is 6.98. The lowest BCUT2D eigenvalue weighted by atomic mass is 9.34. The molecule has 0 spiro atoms. The van der Waals surface area contributed by atoms with E-state index in [1.54, 1.807) is 0 Å². The van der Waals surface area contributed by atoms with Crippen molar-refractivity contribution in [3.05, 3.63) is 176 Å². The number of ether oxygens (including phenoxy) is 2. The first kappa shape index (κ1) is 29.4. The van der Waals surface area contributed by atoms with Crippen LogP contribution in [-0.2, 0) is 0 Å². The zero-order chi connectivity index (χ0) is 35.3. The van der Waals surface area contributed by atoms with Gasteiger partial charge in [0.15, 0.2) is 0 Å². The molecular weight excluding hydrogens is 663 g/mol. The Morgan fingerprint density at radius 2 is 1.02 bits per heavy atom. The zero-order valence-corrected chi connectivity index (χ0v) is 28.9. The Morgan fingerprint density at radius 1 is 0.407 bits per heavy atom. The lowest BCUT2D eigenvalue weighted by Crippen LogP contribution is -2.57. The van der Waals surface area contributed by atoms with E-state index in [0.29, 0.717) is 0 Å². The van der Waals surface area contributed by atoms with Gasteiger partial charge in [-0.2, -0.15) is 0 Å². The maximum Gasteiger partial charge on any atom is 0.260 e. The van der Waals surface area contributed by atoms with E-state index in [1.165, 1.54) is 5.39 Å². The number of nitrogens with zero attached hydrogens (tertiary/aromatic N) is 2. The van der Waals surface area contributed by atoms with Crippen LogP contribution in [0.5, 0.6) is 23.0 Å². The molecule has 8 aromatic carbocycles. The molecule has 54 heavy (non-hydrogen) atoms. The van der Waals surface area contributed by atoms with E-state index in [2.05, 4.69) is 161 Å². The number of anilines is 3. The van der Waals surface area contributed by atoms with Crippen LogP contribution < -0.4 is 30.8 Å². The van der Waals surface area contributed by atoms with E-state index in [-0.39, 0.29) is 6.71 Å². The molecule has 2 aliphatic heterocycles. The van der Waals surface area contributed by atoms with Crippen LogP contribution in [0.2, 0.25) is 0 Å². The summed E-state index contributed by atoms with van der Waals surface area (Å²) in [5.74, 6) is 3.28. The van der Waals surface area contributed by atoms with Crippen LogP contribution in [-0.4, -0.2) is 11.3 Å². The van der Waals surface area contributed by atoms with Gasteiger partial charge in [-0.05, 0) is 77.7 Å². The van der Waals surface area contributed by atoms with Gasteiger partial charge in [0.25, 0.3) is 6.71 Å². The molecule has 2 aliphatic rings. The second-order valence-electron chi connectivity index (χ2n) is 14.1. The molecule has 2 aromatic heterocycles. The summed E-state index contributed by atoms with van der Waals surface area (Å²) in [5.41, 5.74) is 11.5. The molecule has 6 heteroatoms. The molecule has 0 unspecified atom stereocenters. The van der Waals surface area contributed by atoms with Crippen molar-refractivity contribution in [2.45, 2.75) is 0 Å². The van der Waals surface area contributed by atoms with Crippen LogP contribution in [0, 0.1) is 0 Å². The van der Waals surface area contributed by atoms with E-state index in [9.17, 15) is 0 Å². The minimum Gasteiger partial charge on any atom is -0.458 e. The van der Waals surface area contributed by atoms with E-state index in [1.807, 2.05) is 24.3 Å². The van der Waals surface area contributed by atoms with Crippen LogP contribution in [0.1, 0.15) is 0 Å². The molecule has 0 atom stereocenters. The lowest BCUT2D eigenvalue weighted by molar-refractivity contribution is 0.464. The fourth-order valence-electron chi connectivity index (χ4n) is 8.74. The van der Waals surface area contributed by atoms with E-state index in [0.717, 1.165) is 100 Å². The van der Waals surface area contributed by atoms with Crippen molar-refractivity contribution in [3.63, 3.8) is 0 Å². The van der Waals surface area contributed by atoms with Gasteiger partial charge in [-0.25, -0.2) is 0 Å². The zero-order valence-electron chi connectivity index (χ0n) is 28.9. The van der Waals surface area contributed by atoms with E-state index < -0.39 is 0 Å². The summed E-state index contributed by atoms with van der Waals surface area (Å²) in [6.07, 6.45) is 0. The third kappa shape index (κ3) is 4.22. The number of rotatable bonds is 4. The van der Waals surface area contributed by atoms with Gasteiger partial charge in [-0.3, -0.25) is 0 Å². The van der Waals surface area contributed by atoms with E-state index in [4.69, 9.17) is 13.9 Å². The molecule has 0 saturated carbocycles. The minimum absolute atomic E-state index is 0.0905. The van der Waals surface area contributed by atoms with E-state index >= 15 is 0 Å². The van der Waals surface area contributed by atoms with Gasteiger partial charge in [-0.15, -0.1) is 0 Å². The molecule has 0 amide bonds. The Morgan fingerprint density at radius 3 is 1.74 bits per heavy atom. The second kappa shape index (κ2) is 11.2. The smallest absolute Gasteiger partial charge is 0.260 e. The molecule has 10 aromatic rings. The topological polar surface area (TPSA) is 39.8 Å². The summed E-state index contributed by atoms with van der Waals surface area (Å²) in [6, 6.07) is 61.8. The first-order valence-electron chi connectivity index (χ1n) is 18.3. The Labute approximate surface area is 310 Å². The van der Waals surface area contributed by atoms with Gasteiger partial charge in [0.1, 0.15) is 34.2 Å². The Balaban J connectivity index is 1.12. The Kier molecular flexibility index (Phi) is 6.08. The summed E-state index contributed by atoms with van der Waals surface area (Å²) < 4.78 is 22.1. The van der Waals surface area contributed by atoms with Crippen LogP contribution in [0.3, 0.4) is 0 Å². The molecule has 0 fully saturated rings. The van der Waals surface area contributed by atoms with Gasteiger partial charge in [0.2, 0.25) is 0 Å². The maximum absolute atomic E-state index is 6.83. The molecule has 252 valence electrons. The number of hydrogen-bond acceptors (Lipinski definition) is 4. The first-order chi connectivity index (χ1) is 26.8. The summed E-state index contributed by atoms with van der Waals surface area (Å²) in [7, 11) is 0. The third-order valence-corrected chi connectivity index (χ3v) is 11.1. The lowest BCUT2D eigenvalue weighted by Gasteiger charge is -2.33. The molecule has 0 radical (unpaired) electrons. The molecule has 0 saturated heterocycles. The van der Waals surface area contributed by atoms with Crippen molar-refractivity contribution in [2.24, 2.45) is 0 Å². The number of furan rings is 1. The molecule has 5 nitrogen and oxygen atoms in total. The standard InChI is InChI=1S/C48H29BN2O3/c1-4-13-30(14-5-1)50(31-15-6-2-7-16-31)33-23-24-34-36-26-38-46(28-41(36)51(40(34)25-33)32-17-8-3-9-18-32)53-43-21-12-22-44-48(43)49(38)39-27-37-35-19-10-11-20-42(35)52-45(37)29-47(39)54-44/h1-29H.